The van der Waals surface area contributed by atoms with E-state index in [1.807, 2.05) is 6.07 Å². The lowest BCUT2D eigenvalue weighted by Crippen LogP contribution is -2.24. The fourth-order valence-electron chi connectivity index (χ4n) is 1.43. The van der Waals surface area contributed by atoms with Crippen LogP contribution < -0.4 is 5.32 Å². The summed E-state index contributed by atoms with van der Waals surface area (Å²) in [6, 6.07) is 6.52. The number of halogens is 1. The fourth-order valence-corrected chi connectivity index (χ4v) is 1.43. The standard InChI is InChI=1S/C14H19FN2/c1-10(2)11(3)8-17-9-13-5-4-12(7-16)6-14(13)15/h4-6,10-11,17H,8-9H2,1-3H3. The summed E-state index contributed by atoms with van der Waals surface area (Å²) in [4.78, 5) is 0. The zero-order chi connectivity index (χ0) is 12.8. The summed E-state index contributed by atoms with van der Waals surface area (Å²) in [7, 11) is 0. The van der Waals surface area contributed by atoms with E-state index in [1.54, 1.807) is 12.1 Å². The van der Waals surface area contributed by atoms with E-state index < -0.39 is 0 Å². The molecule has 0 bridgehead atoms. The van der Waals surface area contributed by atoms with Crippen molar-refractivity contribution in [3.63, 3.8) is 0 Å². The number of rotatable bonds is 5. The third kappa shape index (κ3) is 4.16. The zero-order valence-corrected chi connectivity index (χ0v) is 10.6. The molecule has 0 aliphatic heterocycles. The van der Waals surface area contributed by atoms with Gasteiger partial charge >= 0.3 is 0 Å². The van der Waals surface area contributed by atoms with E-state index >= 15 is 0 Å². The highest BCUT2D eigenvalue weighted by Gasteiger charge is 2.07. The van der Waals surface area contributed by atoms with Crippen LogP contribution in [0.4, 0.5) is 4.39 Å². The summed E-state index contributed by atoms with van der Waals surface area (Å²) < 4.78 is 13.5. The van der Waals surface area contributed by atoms with E-state index in [-0.39, 0.29) is 5.82 Å². The number of nitrogens with one attached hydrogen (secondary N) is 1. The monoisotopic (exact) mass is 234 g/mol. The Hall–Kier alpha value is -1.40. The minimum Gasteiger partial charge on any atom is -0.312 e. The molecule has 0 aromatic heterocycles. The van der Waals surface area contributed by atoms with Gasteiger partial charge in [0, 0.05) is 12.1 Å². The van der Waals surface area contributed by atoms with E-state index in [2.05, 4.69) is 26.1 Å². The summed E-state index contributed by atoms with van der Waals surface area (Å²) in [5.41, 5.74) is 0.974. The first-order chi connectivity index (χ1) is 8.04. The average molecular weight is 234 g/mol. The molecular formula is C14H19FN2. The first-order valence-electron chi connectivity index (χ1n) is 5.93. The van der Waals surface area contributed by atoms with Crippen molar-refractivity contribution in [1.82, 2.24) is 5.32 Å². The Labute approximate surface area is 102 Å². The molecule has 0 fully saturated rings. The smallest absolute Gasteiger partial charge is 0.129 e. The van der Waals surface area contributed by atoms with E-state index in [0.717, 1.165) is 6.54 Å². The number of hydrogen-bond donors (Lipinski definition) is 1. The zero-order valence-electron chi connectivity index (χ0n) is 10.6. The maximum absolute atomic E-state index is 13.5. The third-order valence-electron chi connectivity index (χ3n) is 3.10. The van der Waals surface area contributed by atoms with Crippen LogP contribution in [0, 0.1) is 29.0 Å². The van der Waals surface area contributed by atoms with Crippen molar-refractivity contribution in [2.24, 2.45) is 11.8 Å². The van der Waals surface area contributed by atoms with Gasteiger partial charge in [0.25, 0.3) is 0 Å². The topological polar surface area (TPSA) is 35.8 Å². The molecule has 1 aromatic rings. The predicted octanol–water partition coefficient (Wildman–Crippen LogP) is 3.08. The molecule has 0 heterocycles. The largest absolute Gasteiger partial charge is 0.312 e. The van der Waals surface area contributed by atoms with E-state index in [9.17, 15) is 4.39 Å². The van der Waals surface area contributed by atoms with Gasteiger partial charge in [0.15, 0.2) is 0 Å². The number of nitriles is 1. The van der Waals surface area contributed by atoms with Crippen LogP contribution in [-0.2, 0) is 6.54 Å². The maximum Gasteiger partial charge on any atom is 0.129 e. The summed E-state index contributed by atoms with van der Waals surface area (Å²) >= 11 is 0. The predicted molar refractivity (Wildman–Crippen MR) is 66.8 cm³/mol. The van der Waals surface area contributed by atoms with E-state index in [1.165, 1.54) is 6.07 Å². The Bertz CT molecular complexity index is 407. The quantitative estimate of drug-likeness (QED) is 0.849. The van der Waals surface area contributed by atoms with Gasteiger partial charge in [-0.15, -0.1) is 0 Å². The Morgan fingerprint density at radius 2 is 2.06 bits per heavy atom. The molecule has 0 spiro atoms. The molecule has 3 heteroatoms. The minimum absolute atomic E-state index is 0.311. The van der Waals surface area contributed by atoms with Gasteiger partial charge in [0.05, 0.1) is 11.6 Å². The lowest BCUT2D eigenvalue weighted by molar-refractivity contribution is 0.391. The van der Waals surface area contributed by atoms with Crippen molar-refractivity contribution in [3.8, 4) is 6.07 Å². The van der Waals surface area contributed by atoms with E-state index in [4.69, 9.17) is 5.26 Å². The van der Waals surface area contributed by atoms with Crippen LogP contribution in [0.5, 0.6) is 0 Å². The molecule has 2 nitrogen and oxygen atoms in total. The average Bonchev–Trinajstić information content (AvgIpc) is 2.30. The van der Waals surface area contributed by atoms with Crippen LogP contribution in [0.15, 0.2) is 18.2 Å². The highest BCUT2D eigenvalue weighted by Crippen LogP contribution is 2.11. The SMILES string of the molecule is CC(C)C(C)CNCc1ccc(C#N)cc1F. The van der Waals surface area contributed by atoms with Gasteiger partial charge in [-0.2, -0.15) is 5.26 Å². The second-order valence-corrected chi connectivity index (χ2v) is 4.77. The molecule has 0 aliphatic carbocycles. The number of hydrogen-bond acceptors (Lipinski definition) is 2. The van der Waals surface area contributed by atoms with Gasteiger partial charge in [-0.05, 0) is 30.5 Å². The van der Waals surface area contributed by atoms with Crippen molar-refractivity contribution >= 4 is 0 Å². The molecule has 1 rings (SSSR count). The lowest BCUT2D eigenvalue weighted by atomic mass is 9.98. The summed E-state index contributed by atoms with van der Waals surface area (Å²) in [6.07, 6.45) is 0. The minimum atomic E-state index is -0.311. The Kier molecular flexibility index (Phi) is 5.11. The fraction of sp³-hybridized carbons (Fsp3) is 0.500. The molecule has 0 radical (unpaired) electrons. The first kappa shape index (κ1) is 13.7. The Morgan fingerprint density at radius 3 is 2.59 bits per heavy atom. The van der Waals surface area contributed by atoms with Crippen LogP contribution >= 0.6 is 0 Å². The second-order valence-electron chi connectivity index (χ2n) is 4.77. The second kappa shape index (κ2) is 6.36. The van der Waals surface area contributed by atoms with Crippen molar-refractivity contribution in [1.29, 1.82) is 5.26 Å². The molecule has 0 saturated carbocycles. The Balaban J connectivity index is 2.50. The molecule has 17 heavy (non-hydrogen) atoms. The summed E-state index contributed by atoms with van der Waals surface area (Å²) in [5.74, 6) is 0.874. The highest BCUT2D eigenvalue weighted by atomic mass is 19.1. The van der Waals surface area contributed by atoms with Gasteiger partial charge in [0.2, 0.25) is 0 Å². The normalized spacial score (nSPS) is 12.5. The lowest BCUT2D eigenvalue weighted by Gasteiger charge is -2.16. The third-order valence-corrected chi connectivity index (χ3v) is 3.10. The number of benzene rings is 1. The van der Waals surface area contributed by atoms with Gasteiger partial charge < -0.3 is 5.32 Å². The highest BCUT2D eigenvalue weighted by molar-refractivity contribution is 5.32. The molecule has 1 atom stereocenters. The molecule has 1 unspecified atom stereocenters. The van der Waals surface area contributed by atoms with Crippen molar-refractivity contribution in [3.05, 3.63) is 35.1 Å². The van der Waals surface area contributed by atoms with Crippen LogP contribution in [-0.4, -0.2) is 6.54 Å². The summed E-state index contributed by atoms with van der Waals surface area (Å²) in [5, 5.41) is 11.9. The van der Waals surface area contributed by atoms with Crippen molar-refractivity contribution in [2.45, 2.75) is 27.3 Å². The van der Waals surface area contributed by atoms with Gasteiger partial charge in [-0.25, -0.2) is 4.39 Å². The van der Waals surface area contributed by atoms with Gasteiger partial charge in [-0.3, -0.25) is 0 Å². The number of nitrogens with zero attached hydrogens (tertiary/aromatic N) is 1. The van der Waals surface area contributed by atoms with Gasteiger partial charge in [-0.1, -0.05) is 26.8 Å². The Morgan fingerprint density at radius 1 is 1.35 bits per heavy atom. The maximum atomic E-state index is 13.5. The van der Waals surface area contributed by atoms with E-state index in [0.29, 0.717) is 29.5 Å². The summed E-state index contributed by atoms with van der Waals surface area (Å²) in [6.45, 7) is 7.90. The molecule has 1 aromatic carbocycles. The molecular weight excluding hydrogens is 215 g/mol. The first-order valence-corrected chi connectivity index (χ1v) is 5.93. The van der Waals surface area contributed by atoms with Crippen molar-refractivity contribution in [2.75, 3.05) is 6.54 Å². The molecule has 0 amide bonds. The molecule has 92 valence electrons. The van der Waals surface area contributed by atoms with Crippen LogP contribution in [0.25, 0.3) is 0 Å². The van der Waals surface area contributed by atoms with Gasteiger partial charge in [0.1, 0.15) is 5.82 Å². The molecule has 0 aliphatic rings. The van der Waals surface area contributed by atoms with Crippen molar-refractivity contribution < 1.29 is 4.39 Å². The van der Waals surface area contributed by atoms with Crippen LogP contribution in [0.3, 0.4) is 0 Å². The van der Waals surface area contributed by atoms with Crippen LogP contribution in [0.2, 0.25) is 0 Å². The molecule has 1 N–H and O–H groups in total. The molecule has 0 saturated heterocycles. The van der Waals surface area contributed by atoms with Crippen LogP contribution in [0.1, 0.15) is 31.9 Å².